The first-order valence-corrected chi connectivity index (χ1v) is 10.8. The average molecular weight is 392 g/mol. The van der Waals surface area contributed by atoms with Crippen LogP contribution < -0.4 is 0 Å². The molecule has 5 rings (SSSR count). The number of ketones is 2. The number of hydrogen-bond acceptors (Lipinski definition) is 2. The van der Waals surface area contributed by atoms with Gasteiger partial charge in [-0.2, -0.15) is 0 Å². The van der Waals surface area contributed by atoms with Crippen molar-refractivity contribution in [3.63, 3.8) is 0 Å². The molecular weight excluding hydrogens is 368 g/mol. The highest BCUT2D eigenvalue weighted by molar-refractivity contribution is 6.30. The summed E-state index contributed by atoms with van der Waals surface area (Å²) in [5.74, 6) is -0.114. The molecule has 0 unspecified atom stereocenters. The molecule has 0 bridgehead atoms. The fourth-order valence-corrected chi connectivity index (χ4v) is 4.54. The highest BCUT2D eigenvalue weighted by atomic mass is 16.1. The second kappa shape index (κ2) is 7.53. The number of rotatable bonds is 5. The van der Waals surface area contributed by atoms with Gasteiger partial charge in [0.2, 0.25) is 0 Å². The molecule has 0 amide bonds. The van der Waals surface area contributed by atoms with Crippen LogP contribution in [0.3, 0.4) is 0 Å². The molecule has 4 aromatic carbocycles. The zero-order chi connectivity index (χ0) is 20.7. The Morgan fingerprint density at radius 1 is 0.567 bits per heavy atom. The van der Waals surface area contributed by atoms with Gasteiger partial charge in [0.15, 0.2) is 11.6 Å². The first-order valence-electron chi connectivity index (χ1n) is 10.8. The van der Waals surface area contributed by atoms with Crippen molar-refractivity contribution in [2.75, 3.05) is 0 Å². The van der Waals surface area contributed by atoms with Crippen molar-refractivity contribution < 1.29 is 9.59 Å². The molecule has 1 aliphatic carbocycles. The number of unbranched alkanes of at least 4 members (excludes halogenated alkanes) is 3. The topological polar surface area (TPSA) is 34.1 Å². The first kappa shape index (κ1) is 18.7. The lowest BCUT2D eigenvalue weighted by molar-refractivity contribution is 0.0979. The summed E-state index contributed by atoms with van der Waals surface area (Å²) in [4.78, 5) is 26.6. The van der Waals surface area contributed by atoms with Crippen LogP contribution in [0.2, 0.25) is 0 Å². The number of benzene rings is 4. The molecule has 30 heavy (non-hydrogen) atoms. The normalized spacial score (nSPS) is 13.0. The Morgan fingerprint density at radius 3 is 1.67 bits per heavy atom. The van der Waals surface area contributed by atoms with Gasteiger partial charge in [0.05, 0.1) is 0 Å². The van der Waals surface area contributed by atoms with E-state index in [9.17, 15) is 9.59 Å². The summed E-state index contributed by atoms with van der Waals surface area (Å²) >= 11 is 0. The predicted molar refractivity (Wildman–Crippen MR) is 123 cm³/mol. The van der Waals surface area contributed by atoms with E-state index in [4.69, 9.17) is 0 Å². The average Bonchev–Trinajstić information content (AvgIpc) is 2.78. The van der Waals surface area contributed by atoms with Crippen molar-refractivity contribution in [3.8, 4) is 0 Å². The van der Waals surface area contributed by atoms with E-state index in [0.29, 0.717) is 22.3 Å². The van der Waals surface area contributed by atoms with E-state index >= 15 is 0 Å². The quantitative estimate of drug-likeness (QED) is 0.305. The Bertz CT molecular complexity index is 1310. The summed E-state index contributed by atoms with van der Waals surface area (Å²) in [6, 6.07) is 21.8. The van der Waals surface area contributed by atoms with E-state index in [-0.39, 0.29) is 11.6 Å². The maximum atomic E-state index is 13.3. The SMILES string of the molecule is CCCCCCc1ccc2cc3c(cc2c1)C(=O)c1cc2ccccc2cc1C3=O. The monoisotopic (exact) mass is 392 g/mol. The van der Waals surface area contributed by atoms with Crippen LogP contribution in [-0.4, -0.2) is 11.6 Å². The molecule has 0 N–H and O–H groups in total. The van der Waals surface area contributed by atoms with Gasteiger partial charge < -0.3 is 0 Å². The third kappa shape index (κ3) is 3.13. The molecule has 0 aliphatic heterocycles. The van der Waals surface area contributed by atoms with Gasteiger partial charge in [-0.25, -0.2) is 0 Å². The van der Waals surface area contributed by atoms with Crippen molar-refractivity contribution in [1.82, 2.24) is 0 Å². The van der Waals surface area contributed by atoms with Crippen LogP contribution in [0.1, 0.15) is 70.0 Å². The Morgan fingerprint density at radius 2 is 1.10 bits per heavy atom. The molecule has 0 heterocycles. The number of aryl methyl sites for hydroxylation is 1. The van der Waals surface area contributed by atoms with E-state index in [1.54, 1.807) is 0 Å². The number of carbonyl (C=O) groups excluding carboxylic acids is 2. The first-order chi connectivity index (χ1) is 14.7. The molecule has 1 aliphatic rings. The molecular formula is C28H24O2. The van der Waals surface area contributed by atoms with Crippen molar-refractivity contribution in [2.24, 2.45) is 0 Å². The van der Waals surface area contributed by atoms with Gasteiger partial charge in [0, 0.05) is 22.3 Å². The van der Waals surface area contributed by atoms with E-state index in [2.05, 4.69) is 25.1 Å². The van der Waals surface area contributed by atoms with E-state index in [1.165, 1.54) is 31.2 Å². The molecule has 2 heteroatoms. The number of carbonyl (C=O) groups is 2. The fourth-order valence-electron chi connectivity index (χ4n) is 4.54. The lowest BCUT2D eigenvalue weighted by Crippen LogP contribution is -2.20. The summed E-state index contributed by atoms with van der Waals surface area (Å²) in [6.07, 6.45) is 5.98. The molecule has 0 atom stereocenters. The minimum Gasteiger partial charge on any atom is -0.289 e. The van der Waals surface area contributed by atoms with Crippen molar-refractivity contribution in [2.45, 2.75) is 39.0 Å². The van der Waals surface area contributed by atoms with Crippen LogP contribution in [0.15, 0.2) is 66.7 Å². The highest BCUT2D eigenvalue weighted by Gasteiger charge is 2.30. The molecule has 0 radical (unpaired) electrons. The van der Waals surface area contributed by atoms with Crippen molar-refractivity contribution in [1.29, 1.82) is 0 Å². The lowest BCUT2D eigenvalue weighted by atomic mass is 9.81. The summed E-state index contributed by atoms with van der Waals surface area (Å²) < 4.78 is 0. The molecule has 4 aromatic rings. The zero-order valence-electron chi connectivity index (χ0n) is 17.2. The van der Waals surface area contributed by atoms with Crippen LogP contribution in [0.5, 0.6) is 0 Å². The maximum absolute atomic E-state index is 13.3. The van der Waals surface area contributed by atoms with Crippen molar-refractivity contribution >= 4 is 33.1 Å². The molecule has 0 saturated carbocycles. The third-order valence-corrected chi connectivity index (χ3v) is 6.22. The fraction of sp³-hybridized carbons (Fsp3) is 0.214. The van der Waals surface area contributed by atoms with Crippen LogP contribution >= 0.6 is 0 Å². The summed E-state index contributed by atoms with van der Waals surface area (Å²) in [7, 11) is 0. The second-order valence-corrected chi connectivity index (χ2v) is 8.29. The predicted octanol–water partition coefficient (Wildman–Crippen LogP) is 6.89. The number of hydrogen-bond donors (Lipinski definition) is 0. The minimum atomic E-state index is -0.0594. The van der Waals surface area contributed by atoms with Crippen LogP contribution in [0.4, 0.5) is 0 Å². The van der Waals surface area contributed by atoms with Gasteiger partial charge in [-0.05, 0) is 64.2 Å². The molecule has 148 valence electrons. The van der Waals surface area contributed by atoms with Gasteiger partial charge in [-0.15, -0.1) is 0 Å². The van der Waals surface area contributed by atoms with Gasteiger partial charge in [-0.1, -0.05) is 68.7 Å². The Labute approximate surface area is 176 Å². The third-order valence-electron chi connectivity index (χ3n) is 6.22. The van der Waals surface area contributed by atoms with E-state index < -0.39 is 0 Å². The largest absolute Gasteiger partial charge is 0.289 e. The zero-order valence-corrected chi connectivity index (χ0v) is 17.2. The Kier molecular flexibility index (Phi) is 4.71. The van der Waals surface area contributed by atoms with E-state index in [0.717, 1.165) is 28.0 Å². The summed E-state index contributed by atoms with van der Waals surface area (Å²) in [6.45, 7) is 2.22. The molecule has 0 fully saturated rings. The van der Waals surface area contributed by atoms with Gasteiger partial charge in [-0.3, -0.25) is 9.59 Å². The Hall–Kier alpha value is -3.26. The molecule has 0 saturated heterocycles. The van der Waals surface area contributed by atoms with Crippen LogP contribution in [0.25, 0.3) is 21.5 Å². The van der Waals surface area contributed by atoms with Gasteiger partial charge in [0.25, 0.3) is 0 Å². The van der Waals surface area contributed by atoms with E-state index in [1.807, 2.05) is 48.5 Å². The lowest BCUT2D eigenvalue weighted by Gasteiger charge is -2.19. The summed E-state index contributed by atoms with van der Waals surface area (Å²) in [5, 5.41) is 4.01. The van der Waals surface area contributed by atoms with Crippen LogP contribution in [0, 0.1) is 0 Å². The van der Waals surface area contributed by atoms with Gasteiger partial charge >= 0.3 is 0 Å². The summed E-state index contributed by atoms with van der Waals surface area (Å²) in [5.41, 5.74) is 3.36. The maximum Gasteiger partial charge on any atom is 0.194 e. The second-order valence-electron chi connectivity index (χ2n) is 8.29. The minimum absolute atomic E-state index is 0.0550. The van der Waals surface area contributed by atoms with Gasteiger partial charge in [0.1, 0.15) is 0 Å². The van der Waals surface area contributed by atoms with Crippen LogP contribution in [-0.2, 0) is 6.42 Å². The molecule has 0 spiro atoms. The molecule has 2 nitrogen and oxygen atoms in total. The number of fused-ring (bicyclic) bond motifs is 4. The molecule has 0 aromatic heterocycles. The highest BCUT2D eigenvalue weighted by Crippen LogP contribution is 2.33. The Balaban J connectivity index is 1.57. The standard InChI is InChI=1S/C28H24O2/c1-2-3-4-5-8-18-11-12-21-16-25-26(17-22(21)13-18)28(30)24-15-20-10-7-6-9-19(20)14-23(24)27(25)29/h6-7,9-17H,2-5,8H2,1H3. The van der Waals surface area contributed by atoms with Crippen molar-refractivity contribution in [3.05, 3.63) is 94.5 Å². The smallest absolute Gasteiger partial charge is 0.194 e.